The number of thiol groups is 1. The van der Waals surface area contributed by atoms with E-state index in [9.17, 15) is 0 Å². The monoisotopic (exact) mass is 92.0 g/mol. The molecule has 0 amide bonds. The molecule has 0 aliphatic carbocycles. The molecule has 0 saturated heterocycles. The van der Waals surface area contributed by atoms with Crippen molar-refractivity contribution in [1.29, 1.82) is 0 Å². The minimum atomic E-state index is 0.106. The number of hydrogen-bond donors (Lipinski definition) is 3. The zero-order valence-corrected chi connectivity index (χ0v) is 4.00. The van der Waals surface area contributed by atoms with Crippen molar-refractivity contribution in [2.75, 3.05) is 0 Å². The van der Waals surface area contributed by atoms with Gasteiger partial charge in [-0.3, -0.25) is 5.84 Å². The lowest BCUT2D eigenvalue weighted by molar-refractivity contribution is 0.738. The van der Waals surface area contributed by atoms with Crippen LogP contribution in [0.1, 0.15) is 6.92 Å². The second-order valence-corrected chi connectivity index (χ2v) is 1.62. The molecular weight excluding hydrogens is 84.1 g/mol. The lowest BCUT2D eigenvalue weighted by Crippen LogP contribution is -2.27. The van der Waals surface area contributed by atoms with Crippen molar-refractivity contribution in [2.45, 2.75) is 12.3 Å². The summed E-state index contributed by atoms with van der Waals surface area (Å²) in [6.45, 7) is 1.85. The van der Waals surface area contributed by atoms with Crippen molar-refractivity contribution < 1.29 is 0 Å². The molecule has 0 radical (unpaired) electrons. The third-order valence-electron chi connectivity index (χ3n) is 0.241. The highest BCUT2D eigenvalue weighted by Crippen LogP contribution is 1.77. The van der Waals surface area contributed by atoms with Gasteiger partial charge in [0.25, 0.3) is 0 Å². The molecule has 0 aliphatic heterocycles. The molecule has 0 saturated carbocycles. The summed E-state index contributed by atoms with van der Waals surface area (Å²) in [5.74, 6) is 4.84. The van der Waals surface area contributed by atoms with Crippen LogP contribution < -0.4 is 11.3 Å². The Morgan fingerprint density at radius 1 is 2.00 bits per heavy atom. The average molecular weight is 92.2 g/mol. The van der Waals surface area contributed by atoms with E-state index in [-0.39, 0.29) is 5.37 Å². The summed E-state index contributed by atoms with van der Waals surface area (Å²) in [5, 5.41) is 0.106. The van der Waals surface area contributed by atoms with E-state index in [1.54, 1.807) is 0 Å². The van der Waals surface area contributed by atoms with E-state index in [2.05, 4.69) is 18.1 Å². The maximum Gasteiger partial charge on any atom is 0.0606 e. The second kappa shape index (κ2) is 2.50. The average Bonchev–Trinajstić information content (AvgIpc) is 1.38. The highest BCUT2D eigenvalue weighted by Gasteiger charge is 1.78. The maximum atomic E-state index is 4.84. The fraction of sp³-hybridized carbons (Fsp3) is 1.00. The summed E-state index contributed by atoms with van der Waals surface area (Å²) >= 11 is 3.86. The normalized spacial score (nSPS) is 15.0. The predicted octanol–water partition coefficient (Wildman–Crippen LogP) is -0.275. The third kappa shape index (κ3) is 4.27. The van der Waals surface area contributed by atoms with Crippen LogP contribution in [0, 0.1) is 0 Å². The molecular formula is C2H8N2S. The van der Waals surface area contributed by atoms with Gasteiger partial charge in [0.05, 0.1) is 5.37 Å². The molecule has 0 aromatic carbocycles. The van der Waals surface area contributed by atoms with Gasteiger partial charge in [-0.15, -0.1) is 0 Å². The summed E-state index contributed by atoms with van der Waals surface area (Å²) < 4.78 is 0. The van der Waals surface area contributed by atoms with Crippen LogP contribution in [0.5, 0.6) is 0 Å². The van der Waals surface area contributed by atoms with Crippen LogP contribution in [0.3, 0.4) is 0 Å². The Kier molecular flexibility index (Phi) is 2.64. The van der Waals surface area contributed by atoms with Gasteiger partial charge >= 0.3 is 0 Å². The first-order valence-corrected chi connectivity index (χ1v) is 1.93. The van der Waals surface area contributed by atoms with E-state index < -0.39 is 0 Å². The Balaban J connectivity index is 2.54. The van der Waals surface area contributed by atoms with Crippen LogP contribution in [-0.2, 0) is 0 Å². The molecule has 0 fully saturated rings. The Hall–Kier alpha value is 0.270. The second-order valence-electron chi connectivity index (χ2n) is 0.843. The van der Waals surface area contributed by atoms with Gasteiger partial charge in [-0.05, 0) is 6.92 Å². The van der Waals surface area contributed by atoms with Crippen LogP contribution in [0.25, 0.3) is 0 Å². The molecule has 0 aromatic rings. The minimum absolute atomic E-state index is 0.106. The predicted molar refractivity (Wildman–Crippen MR) is 25.8 cm³/mol. The fourth-order valence-electron chi connectivity index (χ4n) is 0. The smallest absolute Gasteiger partial charge is 0.0606 e. The number of nitrogens with two attached hydrogens (primary N) is 1. The maximum absolute atomic E-state index is 4.84. The van der Waals surface area contributed by atoms with Crippen molar-refractivity contribution in [3.8, 4) is 0 Å². The van der Waals surface area contributed by atoms with E-state index in [4.69, 9.17) is 5.84 Å². The fourth-order valence-corrected chi connectivity index (χ4v) is 0. The number of rotatable bonds is 1. The molecule has 5 heavy (non-hydrogen) atoms. The van der Waals surface area contributed by atoms with Crippen LogP contribution in [-0.4, -0.2) is 5.37 Å². The molecule has 1 unspecified atom stereocenters. The zero-order chi connectivity index (χ0) is 4.28. The Bertz CT molecular complexity index is 21.6. The first kappa shape index (κ1) is 5.27. The summed E-state index contributed by atoms with van der Waals surface area (Å²) in [6, 6.07) is 0. The van der Waals surface area contributed by atoms with Crippen molar-refractivity contribution in [3.63, 3.8) is 0 Å². The Labute approximate surface area is 37.1 Å². The zero-order valence-electron chi connectivity index (χ0n) is 3.10. The van der Waals surface area contributed by atoms with Gasteiger partial charge in [0, 0.05) is 0 Å². The van der Waals surface area contributed by atoms with Crippen LogP contribution in [0.4, 0.5) is 0 Å². The van der Waals surface area contributed by atoms with Gasteiger partial charge in [-0.2, -0.15) is 12.6 Å². The molecule has 0 rings (SSSR count). The quantitative estimate of drug-likeness (QED) is 0.180. The summed E-state index contributed by atoms with van der Waals surface area (Å²) in [7, 11) is 0. The minimum Gasteiger partial charge on any atom is -0.270 e. The number of hydrogen-bond acceptors (Lipinski definition) is 3. The molecule has 0 bridgehead atoms. The first-order valence-electron chi connectivity index (χ1n) is 1.41. The highest BCUT2D eigenvalue weighted by atomic mass is 32.1. The van der Waals surface area contributed by atoms with Gasteiger partial charge in [0.1, 0.15) is 0 Å². The SMILES string of the molecule is CC(S)NN. The van der Waals surface area contributed by atoms with E-state index in [1.807, 2.05) is 6.92 Å². The van der Waals surface area contributed by atoms with Crippen molar-refractivity contribution >= 4 is 12.6 Å². The van der Waals surface area contributed by atoms with E-state index in [0.29, 0.717) is 0 Å². The highest BCUT2D eigenvalue weighted by molar-refractivity contribution is 7.80. The molecule has 0 aromatic heterocycles. The van der Waals surface area contributed by atoms with Gasteiger partial charge in [0.2, 0.25) is 0 Å². The molecule has 3 N–H and O–H groups in total. The molecule has 3 heteroatoms. The molecule has 0 spiro atoms. The topological polar surface area (TPSA) is 38.0 Å². The van der Waals surface area contributed by atoms with E-state index >= 15 is 0 Å². The molecule has 32 valence electrons. The van der Waals surface area contributed by atoms with Gasteiger partial charge in [-0.1, -0.05) is 0 Å². The molecule has 2 nitrogen and oxygen atoms in total. The molecule has 0 heterocycles. The van der Waals surface area contributed by atoms with Crippen LogP contribution in [0.2, 0.25) is 0 Å². The summed E-state index contributed by atoms with van der Waals surface area (Å²) in [6.07, 6.45) is 0. The Morgan fingerprint density at radius 3 is 2.20 bits per heavy atom. The van der Waals surface area contributed by atoms with Crippen molar-refractivity contribution in [3.05, 3.63) is 0 Å². The molecule has 1 atom stereocenters. The van der Waals surface area contributed by atoms with E-state index in [0.717, 1.165) is 0 Å². The lowest BCUT2D eigenvalue weighted by atomic mass is 10.8. The van der Waals surface area contributed by atoms with Gasteiger partial charge in [-0.25, -0.2) is 5.43 Å². The largest absolute Gasteiger partial charge is 0.270 e. The summed E-state index contributed by atoms with van der Waals surface area (Å²) in [5.41, 5.74) is 2.39. The number of hydrazine groups is 1. The number of nitrogens with one attached hydrogen (secondary N) is 1. The van der Waals surface area contributed by atoms with Gasteiger partial charge < -0.3 is 0 Å². The Morgan fingerprint density at radius 2 is 2.20 bits per heavy atom. The molecule has 0 aliphatic rings. The van der Waals surface area contributed by atoms with E-state index in [1.165, 1.54) is 0 Å². The standard InChI is InChI=1S/C2H8N2S/c1-2(5)4-3/h2,4-5H,3H2,1H3. The van der Waals surface area contributed by atoms with Crippen molar-refractivity contribution in [2.24, 2.45) is 5.84 Å². The van der Waals surface area contributed by atoms with Crippen LogP contribution in [0.15, 0.2) is 0 Å². The van der Waals surface area contributed by atoms with Crippen LogP contribution >= 0.6 is 12.6 Å². The summed E-state index contributed by atoms with van der Waals surface area (Å²) in [4.78, 5) is 0. The van der Waals surface area contributed by atoms with Gasteiger partial charge in [0.15, 0.2) is 0 Å². The van der Waals surface area contributed by atoms with Crippen molar-refractivity contribution in [1.82, 2.24) is 5.43 Å². The first-order chi connectivity index (χ1) is 2.27. The lowest BCUT2D eigenvalue weighted by Gasteiger charge is -1.94. The third-order valence-corrected chi connectivity index (χ3v) is 0.390.